The molecule has 0 saturated heterocycles. The van der Waals surface area contributed by atoms with Crippen LogP contribution in [0.3, 0.4) is 0 Å². The number of rotatable bonds is 3. The molecule has 1 N–H and O–H groups in total. The van der Waals surface area contributed by atoms with Gasteiger partial charge in [-0.25, -0.2) is 9.97 Å². The molecule has 0 unspecified atom stereocenters. The molecule has 1 aromatic heterocycles. The highest BCUT2D eigenvalue weighted by atomic mass is 35.5. The molecule has 0 radical (unpaired) electrons. The molecule has 0 spiro atoms. The van der Waals surface area contributed by atoms with E-state index in [-0.39, 0.29) is 11.2 Å². The van der Waals surface area contributed by atoms with Gasteiger partial charge in [-0.3, -0.25) is 4.79 Å². The van der Waals surface area contributed by atoms with Crippen molar-refractivity contribution in [3.8, 4) is 0 Å². The van der Waals surface area contributed by atoms with E-state index in [1.165, 1.54) is 0 Å². The van der Waals surface area contributed by atoms with E-state index >= 15 is 0 Å². The maximum Gasteiger partial charge on any atom is 0.270 e. The Morgan fingerprint density at radius 3 is 2.73 bits per heavy atom. The number of hydrogen-bond donors (Lipinski definition) is 1. The molecule has 0 fully saturated rings. The number of carbonyl (C=O) groups excluding carboxylic acids is 1. The van der Waals surface area contributed by atoms with Crippen LogP contribution in [0.2, 0.25) is 5.28 Å². The van der Waals surface area contributed by atoms with E-state index in [0.717, 1.165) is 0 Å². The number of halogens is 1. The summed E-state index contributed by atoms with van der Waals surface area (Å²) in [4.78, 5) is 19.3. The number of amides is 1. The van der Waals surface area contributed by atoms with Crippen LogP contribution in [0.5, 0.6) is 0 Å². The van der Waals surface area contributed by atoms with Crippen LogP contribution in [-0.4, -0.2) is 22.4 Å². The van der Waals surface area contributed by atoms with Gasteiger partial charge in [-0.2, -0.15) is 0 Å². The smallest absolute Gasteiger partial charge is 0.270 e. The van der Waals surface area contributed by atoms with Gasteiger partial charge in [-0.1, -0.05) is 13.8 Å². The molecular formula is C10H14ClN3O. The Morgan fingerprint density at radius 2 is 2.20 bits per heavy atom. The van der Waals surface area contributed by atoms with Crippen LogP contribution in [0.4, 0.5) is 0 Å². The van der Waals surface area contributed by atoms with Gasteiger partial charge in [0.05, 0.1) is 0 Å². The molecule has 0 aliphatic heterocycles. The normalized spacial score (nSPS) is 10.5. The van der Waals surface area contributed by atoms with Gasteiger partial charge in [-0.05, 0) is 30.5 Å². The highest BCUT2D eigenvalue weighted by molar-refractivity contribution is 6.28. The van der Waals surface area contributed by atoms with Gasteiger partial charge in [0, 0.05) is 12.2 Å². The standard InChI is InChI=1S/C10H14ClN3O/c1-6(2)5-12-9(15)8-4-7(3)13-10(11)14-8/h4,6H,5H2,1-3H3,(H,12,15). The second kappa shape index (κ2) is 5.07. The van der Waals surface area contributed by atoms with Gasteiger partial charge in [0.2, 0.25) is 5.28 Å². The van der Waals surface area contributed by atoms with E-state index in [4.69, 9.17) is 11.6 Å². The molecule has 0 atom stereocenters. The molecular weight excluding hydrogens is 214 g/mol. The lowest BCUT2D eigenvalue weighted by Gasteiger charge is -2.07. The van der Waals surface area contributed by atoms with Gasteiger partial charge in [0.1, 0.15) is 5.69 Å². The Balaban J connectivity index is 2.73. The molecule has 0 aromatic carbocycles. The molecule has 1 heterocycles. The van der Waals surface area contributed by atoms with Crippen molar-refractivity contribution in [3.63, 3.8) is 0 Å². The summed E-state index contributed by atoms with van der Waals surface area (Å²) in [5.74, 6) is 0.198. The van der Waals surface area contributed by atoms with E-state index in [1.54, 1.807) is 13.0 Å². The summed E-state index contributed by atoms with van der Waals surface area (Å²) in [7, 11) is 0. The van der Waals surface area contributed by atoms with Crippen molar-refractivity contribution in [2.45, 2.75) is 20.8 Å². The molecule has 15 heavy (non-hydrogen) atoms. The lowest BCUT2D eigenvalue weighted by atomic mass is 10.2. The first-order valence-electron chi connectivity index (χ1n) is 4.78. The van der Waals surface area contributed by atoms with Gasteiger partial charge in [0.25, 0.3) is 5.91 Å². The second-order valence-corrected chi connectivity index (χ2v) is 4.11. The van der Waals surface area contributed by atoms with Crippen molar-refractivity contribution in [1.82, 2.24) is 15.3 Å². The Kier molecular flexibility index (Phi) is 4.03. The van der Waals surface area contributed by atoms with Crippen molar-refractivity contribution in [2.24, 2.45) is 5.92 Å². The predicted octanol–water partition coefficient (Wildman–Crippen LogP) is 1.82. The minimum absolute atomic E-state index is 0.102. The van der Waals surface area contributed by atoms with Gasteiger partial charge in [-0.15, -0.1) is 0 Å². The molecule has 1 rings (SSSR count). The predicted molar refractivity (Wildman–Crippen MR) is 59.0 cm³/mol. The van der Waals surface area contributed by atoms with Crippen LogP contribution < -0.4 is 5.32 Å². The van der Waals surface area contributed by atoms with Crippen LogP contribution >= 0.6 is 11.6 Å². The quantitative estimate of drug-likeness (QED) is 0.802. The van der Waals surface area contributed by atoms with Crippen molar-refractivity contribution in [2.75, 3.05) is 6.54 Å². The average Bonchev–Trinajstić information content (AvgIpc) is 2.12. The van der Waals surface area contributed by atoms with Gasteiger partial charge in [0.15, 0.2) is 0 Å². The Morgan fingerprint density at radius 1 is 1.53 bits per heavy atom. The van der Waals surface area contributed by atoms with Crippen molar-refractivity contribution in [1.29, 1.82) is 0 Å². The van der Waals surface area contributed by atoms with Crippen LogP contribution in [0, 0.1) is 12.8 Å². The molecule has 0 aliphatic carbocycles. The highest BCUT2D eigenvalue weighted by Gasteiger charge is 2.09. The molecule has 5 heteroatoms. The minimum atomic E-state index is -0.212. The van der Waals surface area contributed by atoms with Crippen LogP contribution in [0.25, 0.3) is 0 Å². The first-order valence-corrected chi connectivity index (χ1v) is 5.16. The van der Waals surface area contributed by atoms with Gasteiger partial charge >= 0.3 is 0 Å². The van der Waals surface area contributed by atoms with Crippen LogP contribution in [0.1, 0.15) is 30.0 Å². The summed E-state index contributed by atoms with van der Waals surface area (Å²) in [5.41, 5.74) is 0.998. The summed E-state index contributed by atoms with van der Waals surface area (Å²) in [6.45, 7) is 6.45. The van der Waals surface area contributed by atoms with Crippen molar-refractivity contribution >= 4 is 17.5 Å². The zero-order chi connectivity index (χ0) is 11.4. The molecule has 82 valence electrons. The van der Waals surface area contributed by atoms with Crippen molar-refractivity contribution < 1.29 is 4.79 Å². The summed E-state index contributed by atoms with van der Waals surface area (Å²) in [6, 6.07) is 1.61. The molecule has 1 aromatic rings. The van der Waals surface area contributed by atoms with E-state index in [1.807, 2.05) is 13.8 Å². The lowest BCUT2D eigenvalue weighted by Crippen LogP contribution is -2.28. The first-order chi connectivity index (χ1) is 6.99. The van der Waals surface area contributed by atoms with E-state index in [2.05, 4.69) is 15.3 Å². The fourth-order valence-corrected chi connectivity index (χ4v) is 1.26. The molecule has 1 amide bonds. The van der Waals surface area contributed by atoms with Crippen LogP contribution in [0.15, 0.2) is 6.07 Å². The number of carbonyl (C=O) groups is 1. The second-order valence-electron chi connectivity index (χ2n) is 3.77. The molecule has 0 saturated carbocycles. The lowest BCUT2D eigenvalue weighted by molar-refractivity contribution is 0.0943. The molecule has 4 nitrogen and oxygen atoms in total. The third-order valence-corrected chi connectivity index (χ3v) is 1.90. The number of nitrogens with one attached hydrogen (secondary N) is 1. The maximum absolute atomic E-state index is 11.6. The number of aromatic nitrogens is 2. The number of nitrogens with zero attached hydrogens (tertiary/aromatic N) is 2. The van der Waals surface area contributed by atoms with Crippen LogP contribution in [-0.2, 0) is 0 Å². The average molecular weight is 228 g/mol. The zero-order valence-corrected chi connectivity index (χ0v) is 9.80. The van der Waals surface area contributed by atoms with E-state index in [0.29, 0.717) is 23.9 Å². The Bertz CT molecular complexity index is 345. The SMILES string of the molecule is Cc1cc(C(=O)NCC(C)C)nc(Cl)n1. The van der Waals surface area contributed by atoms with E-state index < -0.39 is 0 Å². The Hall–Kier alpha value is -1.16. The number of hydrogen-bond acceptors (Lipinski definition) is 3. The molecule has 0 aliphatic rings. The third kappa shape index (κ3) is 3.83. The van der Waals surface area contributed by atoms with Gasteiger partial charge < -0.3 is 5.32 Å². The monoisotopic (exact) mass is 227 g/mol. The fraction of sp³-hybridized carbons (Fsp3) is 0.500. The third-order valence-electron chi connectivity index (χ3n) is 1.73. The highest BCUT2D eigenvalue weighted by Crippen LogP contribution is 2.05. The largest absolute Gasteiger partial charge is 0.350 e. The minimum Gasteiger partial charge on any atom is -0.350 e. The molecule has 0 bridgehead atoms. The summed E-state index contributed by atoms with van der Waals surface area (Å²) < 4.78 is 0. The fourth-order valence-electron chi connectivity index (χ4n) is 1.04. The zero-order valence-electron chi connectivity index (χ0n) is 9.04. The van der Waals surface area contributed by atoms with Crippen molar-refractivity contribution in [3.05, 3.63) is 22.7 Å². The summed E-state index contributed by atoms with van der Waals surface area (Å²) in [5, 5.41) is 2.87. The first kappa shape index (κ1) is 11.9. The maximum atomic E-state index is 11.6. The summed E-state index contributed by atoms with van der Waals surface area (Å²) >= 11 is 5.65. The van der Waals surface area contributed by atoms with E-state index in [9.17, 15) is 4.79 Å². The number of aryl methyl sites for hydroxylation is 1. The topological polar surface area (TPSA) is 54.9 Å². The summed E-state index contributed by atoms with van der Waals surface area (Å²) in [6.07, 6.45) is 0. The Labute approximate surface area is 94.1 Å².